The van der Waals surface area contributed by atoms with Gasteiger partial charge in [0.05, 0.1) is 0 Å². The van der Waals surface area contributed by atoms with E-state index in [0.29, 0.717) is 10.0 Å². The van der Waals surface area contributed by atoms with Crippen LogP contribution in [0.5, 0.6) is 0 Å². The van der Waals surface area contributed by atoms with Crippen LogP contribution in [0.15, 0.2) is 95.5 Å². The summed E-state index contributed by atoms with van der Waals surface area (Å²) in [5, 5.41) is 1.27. The summed E-state index contributed by atoms with van der Waals surface area (Å²) in [5.74, 6) is 0. The quantitative estimate of drug-likeness (QED) is 0.290. The second kappa shape index (κ2) is 7.90. The highest BCUT2D eigenvalue weighted by atomic mass is 79.9. The SMILES string of the molecule is Clc1ccc(-c2ccc(-c3cccc(-c4ccccc4)c3)cc2Br)c(Cl)c1. The molecule has 4 rings (SSSR count). The third-order valence-electron chi connectivity index (χ3n) is 4.49. The summed E-state index contributed by atoms with van der Waals surface area (Å²) in [6.45, 7) is 0. The molecule has 0 amide bonds. The van der Waals surface area contributed by atoms with Gasteiger partial charge < -0.3 is 0 Å². The number of halogens is 3. The molecule has 0 spiro atoms. The zero-order valence-corrected chi connectivity index (χ0v) is 17.4. The molecule has 0 aliphatic heterocycles. The van der Waals surface area contributed by atoms with Gasteiger partial charge in [-0.2, -0.15) is 0 Å². The summed E-state index contributed by atoms with van der Waals surface area (Å²) in [5.41, 5.74) is 6.73. The van der Waals surface area contributed by atoms with E-state index in [2.05, 4.69) is 82.7 Å². The lowest BCUT2D eigenvalue weighted by atomic mass is 9.97. The van der Waals surface area contributed by atoms with Gasteiger partial charge in [0.2, 0.25) is 0 Å². The first-order chi connectivity index (χ1) is 13.1. The molecule has 4 aromatic carbocycles. The first kappa shape index (κ1) is 18.3. The Balaban J connectivity index is 1.73. The molecule has 4 aromatic rings. The standard InChI is InChI=1S/C24H15BrCl2/c25-23-14-19(9-11-21(23)22-12-10-20(26)15-24(22)27)18-8-4-7-17(13-18)16-5-2-1-3-6-16/h1-15H. The van der Waals surface area contributed by atoms with Crippen LogP contribution < -0.4 is 0 Å². The van der Waals surface area contributed by atoms with E-state index in [-0.39, 0.29) is 0 Å². The van der Waals surface area contributed by atoms with Crippen LogP contribution in [0.3, 0.4) is 0 Å². The van der Waals surface area contributed by atoms with Crippen LogP contribution in [0.1, 0.15) is 0 Å². The molecule has 0 aromatic heterocycles. The van der Waals surface area contributed by atoms with Gasteiger partial charge in [-0.1, -0.05) is 106 Å². The Kier molecular flexibility index (Phi) is 5.36. The maximum atomic E-state index is 6.38. The van der Waals surface area contributed by atoms with E-state index in [1.54, 1.807) is 6.07 Å². The minimum Gasteiger partial charge on any atom is -0.0843 e. The van der Waals surface area contributed by atoms with E-state index < -0.39 is 0 Å². The third kappa shape index (κ3) is 3.96. The predicted molar refractivity (Wildman–Crippen MR) is 120 cm³/mol. The van der Waals surface area contributed by atoms with E-state index in [1.165, 1.54) is 16.7 Å². The molecule has 0 fully saturated rings. The Labute approximate surface area is 177 Å². The van der Waals surface area contributed by atoms with Gasteiger partial charge in [0.1, 0.15) is 0 Å². The van der Waals surface area contributed by atoms with Crippen molar-refractivity contribution < 1.29 is 0 Å². The van der Waals surface area contributed by atoms with E-state index in [9.17, 15) is 0 Å². The molecule has 27 heavy (non-hydrogen) atoms. The molecular weight excluding hydrogens is 439 g/mol. The summed E-state index contributed by atoms with van der Waals surface area (Å²) in [4.78, 5) is 0. The topological polar surface area (TPSA) is 0 Å². The zero-order valence-electron chi connectivity index (χ0n) is 14.3. The number of hydrogen-bond acceptors (Lipinski definition) is 0. The van der Waals surface area contributed by atoms with Gasteiger partial charge in [-0.25, -0.2) is 0 Å². The molecule has 0 bridgehead atoms. The van der Waals surface area contributed by atoms with Crippen molar-refractivity contribution in [3.63, 3.8) is 0 Å². The molecule has 0 N–H and O–H groups in total. The molecule has 0 atom stereocenters. The van der Waals surface area contributed by atoms with Gasteiger partial charge in [-0.15, -0.1) is 0 Å². The van der Waals surface area contributed by atoms with Crippen molar-refractivity contribution in [1.29, 1.82) is 0 Å². The normalized spacial score (nSPS) is 10.8. The van der Waals surface area contributed by atoms with Crippen LogP contribution in [-0.4, -0.2) is 0 Å². The van der Waals surface area contributed by atoms with Crippen molar-refractivity contribution in [3.05, 3.63) is 106 Å². The highest BCUT2D eigenvalue weighted by Crippen LogP contribution is 2.37. The molecule has 0 saturated carbocycles. The Morgan fingerprint density at radius 1 is 0.519 bits per heavy atom. The molecule has 0 unspecified atom stereocenters. The number of rotatable bonds is 3. The summed E-state index contributed by atoms with van der Waals surface area (Å²) in [6.07, 6.45) is 0. The minimum absolute atomic E-state index is 0.634. The smallest absolute Gasteiger partial charge is 0.0499 e. The van der Waals surface area contributed by atoms with Gasteiger partial charge in [0, 0.05) is 20.1 Å². The monoisotopic (exact) mass is 452 g/mol. The van der Waals surface area contributed by atoms with E-state index >= 15 is 0 Å². The second-order valence-corrected chi connectivity index (χ2v) is 7.96. The lowest BCUT2D eigenvalue weighted by molar-refractivity contribution is 1.55. The minimum atomic E-state index is 0.634. The third-order valence-corrected chi connectivity index (χ3v) is 5.70. The fourth-order valence-electron chi connectivity index (χ4n) is 3.13. The second-order valence-electron chi connectivity index (χ2n) is 6.27. The van der Waals surface area contributed by atoms with Crippen LogP contribution in [0.25, 0.3) is 33.4 Å². The highest BCUT2D eigenvalue weighted by molar-refractivity contribution is 9.10. The molecule has 0 aliphatic rings. The Morgan fingerprint density at radius 2 is 1.15 bits per heavy atom. The fraction of sp³-hybridized carbons (Fsp3) is 0. The Hall–Kier alpha value is -2.06. The van der Waals surface area contributed by atoms with Crippen LogP contribution in [0.2, 0.25) is 10.0 Å². The lowest BCUT2D eigenvalue weighted by Gasteiger charge is -2.11. The molecule has 0 saturated heterocycles. The molecule has 0 radical (unpaired) electrons. The molecule has 0 heterocycles. The maximum Gasteiger partial charge on any atom is 0.0499 e. The molecule has 0 aliphatic carbocycles. The maximum absolute atomic E-state index is 6.38. The van der Waals surface area contributed by atoms with Crippen LogP contribution in [0.4, 0.5) is 0 Å². The Bertz CT molecular complexity index is 1100. The van der Waals surface area contributed by atoms with Gasteiger partial charge in [0.15, 0.2) is 0 Å². The first-order valence-electron chi connectivity index (χ1n) is 8.53. The fourth-order valence-corrected chi connectivity index (χ4v) is 4.23. The van der Waals surface area contributed by atoms with E-state index in [4.69, 9.17) is 23.2 Å². The van der Waals surface area contributed by atoms with Gasteiger partial charge in [-0.3, -0.25) is 0 Å². The van der Waals surface area contributed by atoms with Crippen molar-refractivity contribution in [1.82, 2.24) is 0 Å². The average molecular weight is 454 g/mol. The van der Waals surface area contributed by atoms with Crippen LogP contribution in [0, 0.1) is 0 Å². The average Bonchev–Trinajstić information content (AvgIpc) is 2.69. The Morgan fingerprint density at radius 3 is 1.85 bits per heavy atom. The molecular formula is C24H15BrCl2. The summed E-state index contributed by atoms with van der Waals surface area (Å²) in [7, 11) is 0. The van der Waals surface area contributed by atoms with Crippen LogP contribution in [-0.2, 0) is 0 Å². The van der Waals surface area contributed by atoms with Crippen LogP contribution >= 0.6 is 39.1 Å². The largest absolute Gasteiger partial charge is 0.0843 e. The first-order valence-corrected chi connectivity index (χ1v) is 10.1. The van der Waals surface area contributed by atoms with E-state index in [1.807, 2.05) is 18.2 Å². The van der Waals surface area contributed by atoms with Crippen molar-refractivity contribution >= 4 is 39.1 Å². The molecule has 0 nitrogen and oxygen atoms in total. The number of benzene rings is 4. The number of hydrogen-bond donors (Lipinski definition) is 0. The van der Waals surface area contributed by atoms with Gasteiger partial charge in [0.25, 0.3) is 0 Å². The molecule has 3 heteroatoms. The van der Waals surface area contributed by atoms with Crippen molar-refractivity contribution in [2.75, 3.05) is 0 Å². The van der Waals surface area contributed by atoms with Crippen molar-refractivity contribution in [2.45, 2.75) is 0 Å². The zero-order chi connectivity index (χ0) is 18.8. The summed E-state index contributed by atoms with van der Waals surface area (Å²) < 4.78 is 0.995. The van der Waals surface area contributed by atoms with Gasteiger partial charge >= 0.3 is 0 Å². The van der Waals surface area contributed by atoms with Crippen molar-refractivity contribution in [2.24, 2.45) is 0 Å². The highest BCUT2D eigenvalue weighted by Gasteiger charge is 2.10. The van der Waals surface area contributed by atoms with Gasteiger partial charge in [-0.05, 0) is 52.1 Å². The predicted octanol–water partition coefficient (Wildman–Crippen LogP) is 8.76. The van der Waals surface area contributed by atoms with Crippen molar-refractivity contribution in [3.8, 4) is 33.4 Å². The summed E-state index contributed by atoms with van der Waals surface area (Å²) >= 11 is 16.1. The molecule has 132 valence electrons. The summed E-state index contributed by atoms with van der Waals surface area (Å²) in [6, 6.07) is 30.9. The van der Waals surface area contributed by atoms with E-state index in [0.717, 1.165) is 21.2 Å². The lowest BCUT2D eigenvalue weighted by Crippen LogP contribution is -1.85.